The van der Waals surface area contributed by atoms with E-state index in [-0.39, 0.29) is 17.2 Å². The zero-order valence-corrected chi connectivity index (χ0v) is 14.7. The first-order valence-electron chi connectivity index (χ1n) is 7.96. The van der Waals surface area contributed by atoms with Gasteiger partial charge in [0.25, 0.3) is 5.56 Å². The number of H-pyrrole nitrogens is 1. The number of aromatic amines is 1. The summed E-state index contributed by atoms with van der Waals surface area (Å²) in [7, 11) is 0. The Hall–Kier alpha value is -2.11. The number of fused-ring (bicyclic) bond motifs is 3. The van der Waals surface area contributed by atoms with Crippen LogP contribution in [0.25, 0.3) is 11.2 Å². The molecular formula is C14H13BrF3N5O3. The summed E-state index contributed by atoms with van der Waals surface area (Å²) in [5, 5.41) is 0. The lowest BCUT2D eigenvalue weighted by molar-refractivity contribution is -0.190. The van der Waals surface area contributed by atoms with Crippen LogP contribution in [0.3, 0.4) is 0 Å². The highest BCUT2D eigenvalue weighted by Crippen LogP contribution is 2.43. The largest absolute Gasteiger partial charge is 0.471 e. The first-order chi connectivity index (χ1) is 12.2. The van der Waals surface area contributed by atoms with Gasteiger partial charge in [0.1, 0.15) is 0 Å². The van der Waals surface area contributed by atoms with Crippen LogP contribution in [-0.4, -0.2) is 47.2 Å². The van der Waals surface area contributed by atoms with Crippen LogP contribution in [0.15, 0.2) is 15.9 Å². The van der Waals surface area contributed by atoms with Crippen LogP contribution in [0.2, 0.25) is 0 Å². The van der Waals surface area contributed by atoms with Crippen molar-refractivity contribution in [2.45, 2.75) is 50.0 Å². The van der Waals surface area contributed by atoms with E-state index in [9.17, 15) is 27.6 Å². The molecule has 8 nitrogen and oxygen atoms in total. The Labute approximate surface area is 151 Å². The summed E-state index contributed by atoms with van der Waals surface area (Å²) in [5.41, 5.74) is -0.995. The number of carbonyl (C=O) groups is 1. The number of halogens is 4. The topological polar surface area (TPSA) is 93.0 Å². The van der Waals surface area contributed by atoms with Gasteiger partial charge in [0, 0.05) is 18.1 Å². The molecule has 1 N–H and O–H groups in total. The van der Waals surface area contributed by atoms with Crippen molar-refractivity contribution in [3.8, 4) is 0 Å². The maximum Gasteiger partial charge on any atom is 0.471 e. The third-order valence-corrected chi connectivity index (χ3v) is 5.80. The number of nitrogens with zero attached hydrogens (tertiary/aromatic N) is 4. The van der Waals surface area contributed by atoms with Gasteiger partial charge in [-0.05, 0) is 25.7 Å². The zero-order valence-electron chi connectivity index (χ0n) is 13.2. The zero-order chi connectivity index (χ0) is 18.8. The number of alkyl halides is 3. The number of aromatic nitrogens is 4. The van der Waals surface area contributed by atoms with Gasteiger partial charge < -0.3 is 9.47 Å². The molecule has 2 aliphatic heterocycles. The van der Waals surface area contributed by atoms with Crippen LogP contribution in [0, 0.1) is 0 Å². The monoisotopic (exact) mass is 435 g/mol. The molecule has 0 spiro atoms. The first kappa shape index (κ1) is 17.3. The molecule has 0 radical (unpaired) electrons. The highest BCUT2D eigenvalue weighted by Gasteiger charge is 2.52. The number of rotatable bonds is 1. The summed E-state index contributed by atoms with van der Waals surface area (Å²) < 4.78 is 41.2. The molecule has 0 aliphatic carbocycles. The van der Waals surface area contributed by atoms with E-state index in [0.717, 1.165) is 8.49 Å². The third kappa shape index (κ3) is 2.49. The van der Waals surface area contributed by atoms with E-state index in [4.69, 9.17) is 0 Å². The van der Waals surface area contributed by atoms with Crippen LogP contribution in [-0.2, 0) is 4.79 Å². The highest BCUT2D eigenvalue weighted by atomic mass is 79.9. The molecule has 2 aliphatic rings. The van der Waals surface area contributed by atoms with E-state index in [1.54, 1.807) is 4.57 Å². The molecule has 2 aromatic rings. The van der Waals surface area contributed by atoms with Crippen LogP contribution in [0.1, 0.15) is 31.7 Å². The third-order valence-electron chi connectivity index (χ3n) is 5.15. The second-order valence-electron chi connectivity index (χ2n) is 6.58. The molecule has 2 bridgehead atoms. The second-order valence-corrected chi connectivity index (χ2v) is 7.29. The molecule has 2 unspecified atom stereocenters. The Morgan fingerprint density at radius 1 is 1.19 bits per heavy atom. The minimum atomic E-state index is -4.89. The molecule has 4 rings (SSSR count). The lowest BCUT2D eigenvalue weighted by atomic mass is 9.97. The van der Waals surface area contributed by atoms with Gasteiger partial charge in [-0.15, -0.1) is 0 Å². The number of imidazole rings is 1. The van der Waals surface area contributed by atoms with E-state index in [2.05, 4.69) is 26.1 Å². The molecule has 12 heteroatoms. The number of hydrogen-bond donors (Lipinski definition) is 1. The van der Waals surface area contributed by atoms with Crippen molar-refractivity contribution in [2.24, 2.45) is 0 Å². The predicted molar refractivity (Wildman–Crippen MR) is 86.9 cm³/mol. The van der Waals surface area contributed by atoms with Crippen LogP contribution in [0.4, 0.5) is 13.2 Å². The highest BCUT2D eigenvalue weighted by molar-refractivity contribution is 9.08. The SMILES string of the molecule is O=C(N1C2CCC1CC(n1cnc3c(=O)[nH]c(=O)n(Br)c31)C2)C(F)(F)F. The molecule has 2 aromatic heterocycles. The molecule has 26 heavy (non-hydrogen) atoms. The van der Waals surface area contributed by atoms with Gasteiger partial charge in [0.2, 0.25) is 0 Å². The number of carbonyl (C=O) groups excluding carboxylic acids is 1. The van der Waals surface area contributed by atoms with Crippen LogP contribution >= 0.6 is 16.1 Å². The van der Waals surface area contributed by atoms with Gasteiger partial charge in [0.05, 0.1) is 22.5 Å². The molecule has 0 aromatic carbocycles. The summed E-state index contributed by atoms with van der Waals surface area (Å²) >= 11 is 3.08. The number of nitrogens with one attached hydrogen (secondary N) is 1. The van der Waals surface area contributed by atoms with Gasteiger partial charge >= 0.3 is 17.8 Å². The molecule has 1 amide bonds. The lowest BCUT2D eigenvalue weighted by Crippen LogP contribution is -2.51. The maximum atomic E-state index is 12.8. The smallest absolute Gasteiger partial charge is 0.329 e. The fourth-order valence-electron chi connectivity index (χ4n) is 4.13. The quantitative estimate of drug-likeness (QED) is 0.730. The fourth-order valence-corrected chi connectivity index (χ4v) is 4.57. The first-order valence-corrected chi connectivity index (χ1v) is 8.67. The van der Waals surface area contributed by atoms with Gasteiger partial charge in [0.15, 0.2) is 11.2 Å². The summed E-state index contributed by atoms with van der Waals surface area (Å²) in [6.07, 6.45) is -1.88. The fraction of sp³-hybridized carbons (Fsp3) is 0.571. The molecule has 2 fully saturated rings. The Balaban J connectivity index is 1.71. The van der Waals surface area contributed by atoms with Crippen molar-refractivity contribution in [3.05, 3.63) is 27.2 Å². The van der Waals surface area contributed by atoms with Crippen LogP contribution < -0.4 is 11.2 Å². The van der Waals surface area contributed by atoms with Gasteiger partial charge in [-0.1, -0.05) is 0 Å². The average Bonchev–Trinajstić information content (AvgIpc) is 3.11. The maximum absolute atomic E-state index is 12.8. The number of piperidine rings is 1. The number of hydrogen-bond acceptors (Lipinski definition) is 4. The standard InChI is InChI=1S/C14H13BrF3N5O3/c15-23-11-9(10(24)20-13(23)26)19-5-21(11)8-3-6-1-2-7(4-8)22(6)12(25)14(16,17)18/h5-8H,1-4H2,(H,20,24,26). The van der Waals surface area contributed by atoms with Crippen molar-refractivity contribution >= 4 is 33.2 Å². The average molecular weight is 436 g/mol. The van der Waals surface area contributed by atoms with Crippen molar-refractivity contribution < 1.29 is 18.0 Å². The molecule has 2 saturated heterocycles. The lowest BCUT2D eigenvalue weighted by Gasteiger charge is -2.39. The Kier molecular flexibility index (Phi) is 3.79. The van der Waals surface area contributed by atoms with E-state index in [1.807, 2.05) is 0 Å². The summed E-state index contributed by atoms with van der Waals surface area (Å²) in [6, 6.07) is -1.31. The van der Waals surface area contributed by atoms with E-state index >= 15 is 0 Å². The van der Waals surface area contributed by atoms with E-state index in [1.165, 1.54) is 6.33 Å². The molecule has 2 atom stereocenters. The van der Waals surface area contributed by atoms with Crippen molar-refractivity contribution in [1.82, 2.24) is 23.0 Å². The van der Waals surface area contributed by atoms with Crippen molar-refractivity contribution in [1.29, 1.82) is 0 Å². The van der Waals surface area contributed by atoms with Crippen molar-refractivity contribution in [2.75, 3.05) is 0 Å². The minimum absolute atomic E-state index is 0.0580. The minimum Gasteiger partial charge on any atom is -0.329 e. The van der Waals surface area contributed by atoms with Gasteiger partial charge in [-0.2, -0.15) is 13.2 Å². The summed E-state index contributed by atoms with van der Waals surface area (Å²) in [6.45, 7) is 0. The van der Waals surface area contributed by atoms with Gasteiger partial charge in [-0.3, -0.25) is 14.6 Å². The summed E-state index contributed by atoms with van der Waals surface area (Å²) in [4.78, 5) is 42.5. The van der Waals surface area contributed by atoms with Crippen molar-refractivity contribution in [3.63, 3.8) is 0 Å². The molecular weight excluding hydrogens is 423 g/mol. The molecule has 0 saturated carbocycles. The molecule has 4 heterocycles. The predicted octanol–water partition coefficient (Wildman–Crippen LogP) is 1.30. The van der Waals surface area contributed by atoms with Crippen LogP contribution in [0.5, 0.6) is 0 Å². The van der Waals surface area contributed by atoms with E-state index in [0.29, 0.717) is 25.7 Å². The summed E-state index contributed by atoms with van der Waals surface area (Å²) in [5.74, 6) is -1.80. The molecule has 140 valence electrons. The van der Waals surface area contributed by atoms with Gasteiger partial charge in [-0.25, -0.2) is 13.4 Å². The Morgan fingerprint density at radius 3 is 2.38 bits per heavy atom. The normalized spacial score (nSPS) is 25.8. The Morgan fingerprint density at radius 2 is 1.81 bits per heavy atom. The van der Waals surface area contributed by atoms with E-state index < -0.39 is 35.4 Å². The second kappa shape index (κ2) is 5.69. The number of amides is 1. The Bertz CT molecular complexity index is 996.